The Morgan fingerprint density at radius 2 is 1.67 bits per heavy atom. The molecule has 5 aromatic rings. The number of para-hydroxylation sites is 1. The molecule has 0 atom stereocenters. The molecule has 3 aromatic carbocycles. The zero-order valence-electron chi connectivity index (χ0n) is 18.3. The number of hydrogen-bond acceptors (Lipinski definition) is 4. The number of nitrogens with two attached hydrogens (primary N) is 1. The minimum absolute atomic E-state index is 0.746. The number of anilines is 1. The van der Waals surface area contributed by atoms with E-state index >= 15 is 0 Å². The summed E-state index contributed by atoms with van der Waals surface area (Å²) in [6, 6.07) is 26.9. The van der Waals surface area contributed by atoms with Crippen LogP contribution in [0.1, 0.15) is 16.8 Å². The number of benzene rings is 3. The van der Waals surface area contributed by atoms with Crippen molar-refractivity contribution >= 4 is 16.6 Å². The van der Waals surface area contributed by atoms with Gasteiger partial charge in [-0.25, -0.2) is 9.97 Å². The smallest absolute Gasteiger partial charge is 0.159 e. The molecule has 0 spiro atoms. The molecule has 0 saturated heterocycles. The number of nitrogens with zero attached hydrogens (tertiary/aromatic N) is 3. The summed E-state index contributed by atoms with van der Waals surface area (Å²) in [5, 5.41) is 1.28. The highest BCUT2D eigenvalue weighted by atomic mass is 15.1. The van der Waals surface area contributed by atoms with Gasteiger partial charge in [0.05, 0.1) is 11.4 Å². The predicted octanol–water partition coefficient (Wildman–Crippen LogP) is 5.43. The standard InChI is InChI=1S/C28H25N5/c29-22-12-10-20(11-13-22)28-30-16-21-14-15-33(18-26(21)32-28)17-24-23-8-4-5-9-25(23)31-27(24)19-6-2-1-3-7-19/h1-13,16,31H,14-15,17-18,29H2. The van der Waals surface area contributed by atoms with Gasteiger partial charge in [0.25, 0.3) is 0 Å². The van der Waals surface area contributed by atoms with Gasteiger partial charge in [-0.15, -0.1) is 0 Å². The van der Waals surface area contributed by atoms with Gasteiger partial charge in [-0.3, -0.25) is 4.90 Å². The summed E-state index contributed by atoms with van der Waals surface area (Å²) in [6.45, 7) is 2.67. The van der Waals surface area contributed by atoms with Gasteiger partial charge in [-0.1, -0.05) is 48.5 Å². The Morgan fingerprint density at radius 1 is 0.879 bits per heavy atom. The summed E-state index contributed by atoms with van der Waals surface area (Å²) < 4.78 is 0. The highest BCUT2D eigenvalue weighted by Gasteiger charge is 2.22. The Morgan fingerprint density at radius 3 is 2.52 bits per heavy atom. The van der Waals surface area contributed by atoms with Crippen LogP contribution in [0.15, 0.2) is 85.1 Å². The lowest BCUT2D eigenvalue weighted by Gasteiger charge is -2.28. The minimum Gasteiger partial charge on any atom is -0.399 e. The Hall–Kier alpha value is -3.96. The van der Waals surface area contributed by atoms with Gasteiger partial charge in [0.1, 0.15) is 0 Å². The summed E-state index contributed by atoms with van der Waals surface area (Å²) in [6.07, 6.45) is 2.95. The van der Waals surface area contributed by atoms with Crippen LogP contribution in [0.4, 0.5) is 5.69 Å². The first-order valence-electron chi connectivity index (χ1n) is 11.3. The van der Waals surface area contributed by atoms with E-state index in [9.17, 15) is 0 Å². The number of hydrogen-bond donors (Lipinski definition) is 2. The Bertz CT molecular complexity index is 1420. The van der Waals surface area contributed by atoms with Crippen LogP contribution in [0.25, 0.3) is 33.5 Å². The molecule has 0 amide bonds. The van der Waals surface area contributed by atoms with Crippen molar-refractivity contribution in [2.75, 3.05) is 12.3 Å². The molecule has 0 radical (unpaired) electrons. The fraction of sp³-hybridized carbons (Fsp3) is 0.143. The monoisotopic (exact) mass is 431 g/mol. The van der Waals surface area contributed by atoms with Gasteiger partial charge in [0.2, 0.25) is 0 Å². The van der Waals surface area contributed by atoms with Crippen molar-refractivity contribution in [2.24, 2.45) is 0 Å². The summed E-state index contributed by atoms with van der Waals surface area (Å²) in [5.41, 5.74) is 14.9. The van der Waals surface area contributed by atoms with Crippen LogP contribution in [0.3, 0.4) is 0 Å². The molecule has 5 heteroatoms. The zero-order valence-corrected chi connectivity index (χ0v) is 18.3. The van der Waals surface area contributed by atoms with E-state index in [4.69, 9.17) is 10.7 Å². The third-order valence-corrected chi connectivity index (χ3v) is 6.45. The van der Waals surface area contributed by atoms with Crippen LogP contribution < -0.4 is 5.73 Å². The van der Waals surface area contributed by atoms with Crippen LogP contribution in [0.5, 0.6) is 0 Å². The molecule has 1 aliphatic heterocycles. The second kappa shape index (κ2) is 8.19. The van der Waals surface area contributed by atoms with E-state index in [1.54, 1.807) is 0 Å². The van der Waals surface area contributed by atoms with E-state index in [1.807, 2.05) is 30.5 Å². The minimum atomic E-state index is 0.746. The molecule has 0 saturated carbocycles. The molecule has 0 aliphatic carbocycles. The number of fused-ring (bicyclic) bond motifs is 2. The van der Waals surface area contributed by atoms with E-state index in [2.05, 4.69) is 69.5 Å². The molecule has 33 heavy (non-hydrogen) atoms. The first-order valence-corrected chi connectivity index (χ1v) is 11.3. The van der Waals surface area contributed by atoms with Crippen molar-refractivity contribution < 1.29 is 0 Å². The predicted molar refractivity (Wildman–Crippen MR) is 133 cm³/mol. The second-order valence-corrected chi connectivity index (χ2v) is 8.64. The van der Waals surface area contributed by atoms with E-state index in [1.165, 1.54) is 33.3 Å². The number of aromatic amines is 1. The Kier molecular flexibility index (Phi) is 4.89. The first kappa shape index (κ1) is 19.7. The third-order valence-electron chi connectivity index (χ3n) is 6.45. The zero-order chi connectivity index (χ0) is 22.2. The summed E-state index contributed by atoms with van der Waals surface area (Å²) >= 11 is 0. The van der Waals surface area contributed by atoms with Crippen molar-refractivity contribution in [3.8, 4) is 22.6 Å². The average Bonchev–Trinajstić information content (AvgIpc) is 3.23. The van der Waals surface area contributed by atoms with Gasteiger partial charge >= 0.3 is 0 Å². The molecule has 3 N–H and O–H groups in total. The first-order chi connectivity index (χ1) is 16.2. The van der Waals surface area contributed by atoms with Crippen LogP contribution in [0, 0.1) is 0 Å². The fourth-order valence-electron chi connectivity index (χ4n) is 4.70. The van der Waals surface area contributed by atoms with Crippen LogP contribution >= 0.6 is 0 Å². The number of H-pyrrole nitrogens is 1. The number of aromatic nitrogens is 3. The van der Waals surface area contributed by atoms with Gasteiger partial charge in [-0.2, -0.15) is 0 Å². The van der Waals surface area contributed by atoms with E-state index < -0.39 is 0 Å². The van der Waals surface area contributed by atoms with E-state index in [-0.39, 0.29) is 0 Å². The molecule has 3 heterocycles. The maximum Gasteiger partial charge on any atom is 0.159 e. The third kappa shape index (κ3) is 3.77. The normalized spacial score (nSPS) is 13.8. The lowest BCUT2D eigenvalue weighted by Crippen LogP contribution is -2.31. The van der Waals surface area contributed by atoms with Crippen molar-refractivity contribution in [3.63, 3.8) is 0 Å². The van der Waals surface area contributed by atoms with E-state index in [0.717, 1.165) is 48.8 Å². The molecule has 1 aliphatic rings. The Balaban J connectivity index is 1.33. The molecule has 0 bridgehead atoms. The summed E-state index contributed by atoms with van der Waals surface area (Å²) in [4.78, 5) is 15.7. The largest absolute Gasteiger partial charge is 0.399 e. The Labute approximate surface area is 192 Å². The van der Waals surface area contributed by atoms with Crippen molar-refractivity contribution in [1.29, 1.82) is 0 Å². The van der Waals surface area contributed by atoms with Gasteiger partial charge in [-0.05, 0) is 53.4 Å². The van der Waals surface area contributed by atoms with E-state index in [0.29, 0.717) is 0 Å². The van der Waals surface area contributed by atoms with Gasteiger partial charge in [0, 0.05) is 48.0 Å². The number of nitrogen functional groups attached to an aromatic ring is 1. The molecular formula is C28H25N5. The SMILES string of the molecule is Nc1ccc(-c2ncc3c(n2)CN(Cc2c(-c4ccccc4)[nH]c4ccccc24)CC3)cc1. The number of nitrogens with one attached hydrogen (secondary N) is 1. The average molecular weight is 432 g/mol. The molecular weight excluding hydrogens is 406 g/mol. The topological polar surface area (TPSA) is 70.8 Å². The second-order valence-electron chi connectivity index (χ2n) is 8.64. The van der Waals surface area contributed by atoms with Crippen LogP contribution in [-0.2, 0) is 19.5 Å². The van der Waals surface area contributed by atoms with Gasteiger partial charge in [0.15, 0.2) is 5.82 Å². The molecule has 0 unspecified atom stereocenters. The maximum absolute atomic E-state index is 5.84. The fourth-order valence-corrected chi connectivity index (χ4v) is 4.70. The molecule has 5 nitrogen and oxygen atoms in total. The summed E-state index contributed by atoms with van der Waals surface area (Å²) in [7, 11) is 0. The lowest BCUT2D eigenvalue weighted by atomic mass is 10.0. The van der Waals surface area contributed by atoms with Gasteiger partial charge < -0.3 is 10.7 Å². The molecule has 6 rings (SSSR count). The van der Waals surface area contributed by atoms with Crippen molar-refractivity contribution in [1.82, 2.24) is 19.9 Å². The summed E-state index contributed by atoms with van der Waals surface area (Å²) in [5.74, 6) is 0.757. The van der Waals surface area contributed by atoms with Crippen molar-refractivity contribution in [2.45, 2.75) is 19.5 Å². The molecule has 0 fully saturated rings. The highest BCUT2D eigenvalue weighted by Crippen LogP contribution is 2.32. The molecule has 162 valence electrons. The number of rotatable bonds is 4. The van der Waals surface area contributed by atoms with Crippen LogP contribution in [-0.4, -0.2) is 26.4 Å². The highest BCUT2D eigenvalue weighted by molar-refractivity contribution is 5.90. The molecule has 2 aromatic heterocycles. The quantitative estimate of drug-likeness (QED) is 0.372. The van der Waals surface area contributed by atoms with Crippen molar-refractivity contribution in [3.05, 3.63) is 102 Å². The van der Waals surface area contributed by atoms with Crippen LogP contribution in [0.2, 0.25) is 0 Å². The lowest BCUT2D eigenvalue weighted by molar-refractivity contribution is 0.242. The maximum atomic E-state index is 5.84.